The molecule has 1 aliphatic rings. The number of hydrogen-bond acceptors (Lipinski definition) is 3. The molecule has 0 spiro atoms. The molecule has 2 N–H and O–H groups in total. The van der Waals surface area contributed by atoms with Crippen LogP contribution in [0.1, 0.15) is 33.1 Å². The number of aliphatic hydroxyl groups excluding tert-OH is 1. The van der Waals surface area contributed by atoms with Crippen molar-refractivity contribution in [2.75, 3.05) is 32.9 Å². The molecule has 0 radical (unpaired) electrons. The van der Waals surface area contributed by atoms with Gasteiger partial charge in [0.2, 0.25) is 0 Å². The van der Waals surface area contributed by atoms with Crippen molar-refractivity contribution in [2.45, 2.75) is 33.1 Å². The molecule has 0 saturated carbocycles. The molecular formula is C12H25NO2. The second-order valence-corrected chi connectivity index (χ2v) is 5.13. The van der Waals surface area contributed by atoms with Crippen LogP contribution in [0, 0.1) is 11.3 Å². The van der Waals surface area contributed by atoms with Crippen molar-refractivity contribution in [3.05, 3.63) is 0 Å². The summed E-state index contributed by atoms with van der Waals surface area (Å²) in [7, 11) is 0. The summed E-state index contributed by atoms with van der Waals surface area (Å²) in [4.78, 5) is 0. The molecule has 0 aliphatic carbocycles. The Labute approximate surface area is 93.2 Å². The van der Waals surface area contributed by atoms with Gasteiger partial charge in [0.25, 0.3) is 0 Å². The zero-order valence-corrected chi connectivity index (χ0v) is 10.1. The van der Waals surface area contributed by atoms with Gasteiger partial charge in [-0.3, -0.25) is 0 Å². The van der Waals surface area contributed by atoms with Crippen molar-refractivity contribution in [1.82, 2.24) is 5.32 Å². The zero-order valence-electron chi connectivity index (χ0n) is 10.1. The van der Waals surface area contributed by atoms with E-state index in [1.807, 2.05) is 0 Å². The molecule has 0 aromatic carbocycles. The molecule has 1 aliphatic heterocycles. The van der Waals surface area contributed by atoms with Crippen molar-refractivity contribution >= 4 is 0 Å². The first-order valence-corrected chi connectivity index (χ1v) is 6.06. The lowest BCUT2D eigenvalue weighted by Crippen LogP contribution is -2.38. The summed E-state index contributed by atoms with van der Waals surface area (Å²) in [5, 5.41) is 12.1. The molecule has 1 saturated heterocycles. The van der Waals surface area contributed by atoms with E-state index in [9.17, 15) is 0 Å². The number of nitrogens with one attached hydrogen (secondary N) is 1. The molecule has 3 nitrogen and oxygen atoms in total. The standard InChI is InChI=1S/C12H25NO2/c1-12(2,10-13-6-3-7-14)11-4-8-15-9-5-11/h11,13-14H,3-10H2,1-2H3. The van der Waals surface area contributed by atoms with Crippen LogP contribution in [-0.4, -0.2) is 38.0 Å². The van der Waals surface area contributed by atoms with Gasteiger partial charge in [-0.15, -0.1) is 0 Å². The van der Waals surface area contributed by atoms with Crippen LogP contribution in [0.5, 0.6) is 0 Å². The lowest BCUT2D eigenvalue weighted by molar-refractivity contribution is 0.0228. The van der Waals surface area contributed by atoms with Crippen LogP contribution in [0.4, 0.5) is 0 Å². The van der Waals surface area contributed by atoms with Gasteiger partial charge < -0.3 is 15.2 Å². The number of rotatable bonds is 6. The Morgan fingerprint density at radius 1 is 1.33 bits per heavy atom. The molecule has 1 heterocycles. The zero-order chi connectivity index (χ0) is 11.1. The van der Waals surface area contributed by atoms with E-state index in [-0.39, 0.29) is 6.61 Å². The van der Waals surface area contributed by atoms with Gasteiger partial charge in [-0.25, -0.2) is 0 Å². The molecule has 15 heavy (non-hydrogen) atoms. The van der Waals surface area contributed by atoms with Crippen LogP contribution < -0.4 is 5.32 Å². The molecule has 90 valence electrons. The van der Waals surface area contributed by atoms with Gasteiger partial charge in [0.05, 0.1) is 0 Å². The van der Waals surface area contributed by atoms with Crippen LogP contribution in [0.25, 0.3) is 0 Å². The fourth-order valence-corrected chi connectivity index (χ4v) is 2.24. The van der Waals surface area contributed by atoms with Crippen molar-refractivity contribution in [1.29, 1.82) is 0 Å². The first-order chi connectivity index (χ1) is 7.17. The first kappa shape index (κ1) is 12.9. The Hall–Kier alpha value is -0.120. The highest BCUT2D eigenvalue weighted by atomic mass is 16.5. The Balaban J connectivity index is 2.23. The highest BCUT2D eigenvalue weighted by Crippen LogP contribution is 2.33. The highest BCUT2D eigenvalue weighted by Gasteiger charge is 2.30. The monoisotopic (exact) mass is 215 g/mol. The Morgan fingerprint density at radius 2 is 2.00 bits per heavy atom. The molecule has 0 aromatic rings. The average molecular weight is 215 g/mol. The second kappa shape index (κ2) is 6.46. The largest absolute Gasteiger partial charge is 0.396 e. The molecule has 3 heteroatoms. The van der Waals surface area contributed by atoms with E-state index in [1.54, 1.807) is 0 Å². The predicted molar refractivity (Wildman–Crippen MR) is 61.9 cm³/mol. The summed E-state index contributed by atoms with van der Waals surface area (Å²) in [6.45, 7) is 8.74. The molecule has 1 rings (SSSR count). The van der Waals surface area contributed by atoms with Gasteiger partial charge >= 0.3 is 0 Å². The Bertz CT molecular complexity index is 165. The van der Waals surface area contributed by atoms with Crippen LogP contribution in [0.2, 0.25) is 0 Å². The van der Waals surface area contributed by atoms with Crippen LogP contribution >= 0.6 is 0 Å². The van der Waals surface area contributed by atoms with Crippen LogP contribution in [0.3, 0.4) is 0 Å². The summed E-state index contributed by atoms with van der Waals surface area (Å²) >= 11 is 0. The molecule has 0 unspecified atom stereocenters. The van der Waals surface area contributed by atoms with E-state index < -0.39 is 0 Å². The van der Waals surface area contributed by atoms with Gasteiger partial charge in [-0.05, 0) is 37.1 Å². The Morgan fingerprint density at radius 3 is 2.60 bits per heavy atom. The van der Waals surface area contributed by atoms with E-state index in [4.69, 9.17) is 9.84 Å². The van der Waals surface area contributed by atoms with Crippen LogP contribution in [-0.2, 0) is 4.74 Å². The van der Waals surface area contributed by atoms with Gasteiger partial charge in [0.1, 0.15) is 0 Å². The Kier molecular flexibility index (Phi) is 5.58. The van der Waals surface area contributed by atoms with E-state index in [0.717, 1.165) is 38.6 Å². The number of hydrogen-bond donors (Lipinski definition) is 2. The summed E-state index contributed by atoms with van der Waals surface area (Å²) in [6, 6.07) is 0. The van der Waals surface area contributed by atoms with E-state index in [0.29, 0.717) is 5.41 Å². The normalized spacial score (nSPS) is 19.4. The van der Waals surface area contributed by atoms with Crippen LogP contribution in [0.15, 0.2) is 0 Å². The lowest BCUT2D eigenvalue weighted by atomic mass is 9.74. The van der Waals surface area contributed by atoms with Gasteiger partial charge in [0, 0.05) is 26.4 Å². The fraction of sp³-hybridized carbons (Fsp3) is 1.00. The quantitative estimate of drug-likeness (QED) is 0.658. The third-order valence-corrected chi connectivity index (χ3v) is 3.42. The van der Waals surface area contributed by atoms with Crippen molar-refractivity contribution in [2.24, 2.45) is 11.3 Å². The average Bonchev–Trinajstić information content (AvgIpc) is 2.26. The SMILES string of the molecule is CC(C)(CNCCCO)C1CCOCC1. The third kappa shape index (κ3) is 4.49. The summed E-state index contributed by atoms with van der Waals surface area (Å²) in [5.41, 5.74) is 0.346. The minimum absolute atomic E-state index is 0.282. The topological polar surface area (TPSA) is 41.5 Å². The molecule has 0 bridgehead atoms. The van der Waals surface area contributed by atoms with E-state index in [1.165, 1.54) is 12.8 Å². The van der Waals surface area contributed by atoms with Crippen molar-refractivity contribution in [3.8, 4) is 0 Å². The van der Waals surface area contributed by atoms with E-state index >= 15 is 0 Å². The molecular weight excluding hydrogens is 190 g/mol. The van der Waals surface area contributed by atoms with Crippen molar-refractivity contribution < 1.29 is 9.84 Å². The van der Waals surface area contributed by atoms with E-state index in [2.05, 4.69) is 19.2 Å². The maximum absolute atomic E-state index is 8.69. The summed E-state index contributed by atoms with van der Waals surface area (Å²) in [5.74, 6) is 0.771. The molecule has 1 fully saturated rings. The summed E-state index contributed by atoms with van der Waals surface area (Å²) in [6.07, 6.45) is 3.23. The summed E-state index contributed by atoms with van der Waals surface area (Å²) < 4.78 is 5.38. The van der Waals surface area contributed by atoms with Gasteiger partial charge in [-0.1, -0.05) is 13.8 Å². The number of ether oxygens (including phenoxy) is 1. The van der Waals surface area contributed by atoms with Gasteiger partial charge in [0.15, 0.2) is 0 Å². The molecule has 0 amide bonds. The predicted octanol–water partition coefficient (Wildman–Crippen LogP) is 1.41. The minimum Gasteiger partial charge on any atom is -0.396 e. The fourth-order valence-electron chi connectivity index (χ4n) is 2.24. The maximum atomic E-state index is 8.69. The first-order valence-electron chi connectivity index (χ1n) is 6.06. The van der Waals surface area contributed by atoms with Crippen molar-refractivity contribution in [3.63, 3.8) is 0 Å². The third-order valence-electron chi connectivity index (χ3n) is 3.42. The highest BCUT2D eigenvalue weighted by molar-refractivity contribution is 4.82. The smallest absolute Gasteiger partial charge is 0.0468 e. The molecule has 0 aromatic heterocycles. The lowest BCUT2D eigenvalue weighted by Gasteiger charge is -2.37. The number of aliphatic hydroxyl groups is 1. The van der Waals surface area contributed by atoms with Gasteiger partial charge in [-0.2, -0.15) is 0 Å². The molecule has 0 atom stereocenters. The minimum atomic E-state index is 0.282. The second-order valence-electron chi connectivity index (χ2n) is 5.13. The maximum Gasteiger partial charge on any atom is 0.0468 e.